The van der Waals surface area contributed by atoms with Gasteiger partial charge in [-0.2, -0.15) is 0 Å². The van der Waals surface area contributed by atoms with Crippen molar-refractivity contribution in [3.8, 4) is 0 Å². The van der Waals surface area contributed by atoms with Crippen LogP contribution in [-0.4, -0.2) is 69.3 Å². The van der Waals surface area contributed by atoms with Crippen LogP contribution in [0.15, 0.2) is 23.0 Å². The lowest BCUT2D eigenvalue weighted by molar-refractivity contribution is -0.0246. The lowest BCUT2D eigenvalue weighted by atomic mass is 10.0. The van der Waals surface area contributed by atoms with Crippen LogP contribution in [0.3, 0.4) is 0 Å². The monoisotopic (exact) mass is 486 g/mol. The normalized spacial score (nSPS) is 20.1. The second-order valence-corrected chi connectivity index (χ2v) is 10.4. The van der Waals surface area contributed by atoms with E-state index in [9.17, 15) is 14.4 Å². The number of aromatic nitrogens is 2. The number of carbonyl (C=O) groups is 2. The molecule has 1 amide bonds. The molecular weight excluding hydrogens is 448 g/mol. The van der Waals surface area contributed by atoms with Crippen molar-refractivity contribution in [3.05, 3.63) is 39.9 Å². The summed E-state index contributed by atoms with van der Waals surface area (Å²) in [7, 11) is 3.07. The molecule has 1 aromatic carbocycles. The van der Waals surface area contributed by atoms with E-state index in [0.29, 0.717) is 35.4 Å². The van der Waals surface area contributed by atoms with Gasteiger partial charge in [0, 0.05) is 32.2 Å². The van der Waals surface area contributed by atoms with Gasteiger partial charge >= 0.3 is 12.1 Å². The standard InChI is InChI=1S/C26H38N4O5/c1-9-10-21(29-14-16(2)30(17(3)15-29)25(33)35-26(4,5)6)22-27-20-13-18(24(32)34-8)11-12-19(20)23(31)28(22)7/h11-13,16-17,21H,9-10,14-15H2,1-8H3/t16-,17+,21?. The van der Waals surface area contributed by atoms with Crippen molar-refractivity contribution in [1.29, 1.82) is 0 Å². The van der Waals surface area contributed by atoms with Crippen LogP contribution in [0.4, 0.5) is 4.79 Å². The van der Waals surface area contributed by atoms with Gasteiger partial charge < -0.3 is 14.4 Å². The number of benzene rings is 1. The van der Waals surface area contributed by atoms with Crippen molar-refractivity contribution in [1.82, 2.24) is 19.4 Å². The molecular formula is C26H38N4O5. The van der Waals surface area contributed by atoms with Gasteiger partial charge in [0.25, 0.3) is 5.56 Å². The number of fused-ring (bicyclic) bond motifs is 1. The molecule has 9 heteroatoms. The molecule has 0 spiro atoms. The Kier molecular flexibility index (Phi) is 7.89. The number of piperazine rings is 1. The number of methoxy groups -OCH3 is 1. The summed E-state index contributed by atoms with van der Waals surface area (Å²) in [5.41, 5.74) is 0.109. The first-order valence-corrected chi connectivity index (χ1v) is 12.2. The van der Waals surface area contributed by atoms with E-state index in [4.69, 9.17) is 14.5 Å². The molecule has 0 radical (unpaired) electrons. The van der Waals surface area contributed by atoms with E-state index in [1.165, 1.54) is 7.11 Å². The Bertz CT molecular complexity index is 1140. The Morgan fingerprint density at radius 2 is 1.80 bits per heavy atom. The maximum absolute atomic E-state index is 13.2. The highest BCUT2D eigenvalue weighted by atomic mass is 16.6. The molecule has 0 aliphatic carbocycles. The van der Waals surface area contributed by atoms with Gasteiger partial charge in [-0.25, -0.2) is 14.6 Å². The maximum atomic E-state index is 13.2. The second kappa shape index (κ2) is 10.4. The SMILES string of the molecule is CCCC(c1nc2cc(C(=O)OC)ccc2c(=O)n1C)N1C[C@@H](C)N(C(=O)OC(C)(C)C)[C@@H](C)C1. The van der Waals surface area contributed by atoms with E-state index in [-0.39, 0.29) is 29.8 Å². The number of ether oxygens (including phenoxy) is 2. The van der Waals surface area contributed by atoms with Crippen LogP contribution < -0.4 is 5.56 Å². The van der Waals surface area contributed by atoms with Gasteiger partial charge in [-0.1, -0.05) is 13.3 Å². The first-order valence-electron chi connectivity index (χ1n) is 12.2. The first kappa shape index (κ1) is 26.7. The van der Waals surface area contributed by atoms with Gasteiger partial charge in [-0.15, -0.1) is 0 Å². The van der Waals surface area contributed by atoms with Crippen LogP contribution in [0.25, 0.3) is 10.9 Å². The number of rotatable bonds is 5. The van der Waals surface area contributed by atoms with Crippen molar-refractivity contribution in [2.75, 3.05) is 20.2 Å². The molecule has 3 atom stereocenters. The molecule has 0 saturated carbocycles. The van der Waals surface area contributed by atoms with Gasteiger partial charge in [-0.3, -0.25) is 14.3 Å². The van der Waals surface area contributed by atoms with Crippen LogP contribution in [-0.2, 0) is 16.5 Å². The average Bonchev–Trinajstić information content (AvgIpc) is 2.77. The molecule has 2 heterocycles. The Labute approximate surface area is 207 Å². The van der Waals surface area contributed by atoms with E-state index < -0.39 is 11.6 Å². The number of amides is 1. The molecule has 1 saturated heterocycles. The van der Waals surface area contributed by atoms with Crippen LogP contribution in [0.1, 0.15) is 76.6 Å². The predicted molar refractivity (Wildman–Crippen MR) is 135 cm³/mol. The molecule has 1 unspecified atom stereocenters. The molecule has 2 aromatic rings. The van der Waals surface area contributed by atoms with E-state index in [0.717, 1.165) is 12.8 Å². The number of esters is 1. The van der Waals surface area contributed by atoms with Crippen molar-refractivity contribution >= 4 is 23.0 Å². The third-order valence-electron chi connectivity index (χ3n) is 6.38. The summed E-state index contributed by atoms with van der Waals surface area (Å²) in [5, 5.41) is 0.454. The Balaban J connectivity index is 1.98. The molecule has 9 nitrogen and oxygen atoms in total. The molecule has 1 aliphatic heterocycles. The van der Waals surface area contributed by atoms with Crippen LogP contribution >= 0.6 is 0 Å². The minimum atomic E-state index is -0.561. The van der Waals surface area contributed by atoms with E-state index in [2.05, 4.69) is 11.8 Å². The summed E-state index contributed by atoms with van der Waals surface area (Å²) in [6.07, 6.45) is 1.39. The quantitative estimate of drug-likeness (QED) is 0.592. The van der Waals surface area contributed by atoms with Crippen molar-refractivity contribution in [3.63, 3.8) is 0 Å². The molecule has 3 rings (SSSR count). The van der Waals surface area contributed by atoms with E-state index in [1.807, 2.05) is 34.6 Å². The fourth-order valence-electron chi connectivity index (χ4n) is 4.87. The highest BCUT2D eigenvalue weighted by Crippen LogP contribution is 2.30. The summed E-state index contributed by atoms with van der Waals surface area (Å²) in [6, 6.07) is 4.56. The van der Waals surface area contributed by atoms with Crippen molar-refractivity contribution in [2.24, 2.45) is 7.05 Å². The van der Waals surface area contributed by atoms with Gasteiger partial charge in [0.2, 0.25) is 0 Å². The maximum Gasteiger partial charge on any atom is 0.410 e. The average molecular weight is 487 g/mol. The van der Waals surface area contributed by atoms with Crippen LogP contribution in [0, 0.1) is 0 Å². The zero-order chi connectivity index (χ0) is 26.1. The fourth-order valence-corrected chi connectivity index (χ4v) is 4.87. The summed E-state index contributed by atoms with van der Waals surface area (Å²) >= 11 is 0. The number of nitrogens with zero attached hydrogens (tertiary/aromatic N) is 4. The van der Waals surface area contributed by atoms with E-state index >= 15 is 0 Å². The smallest absolute Gasteiger partial charge is 0.410 e. The van der Waals surface area contributed by atoms with Crippen molar-refractivity contribution in [2.45, 2.75) is 78.1 Å². The molecule has 1 aromatic heterocycles. The second-order valence-electron chi connectivity index (χ2n) is 10.4. The largest absolute Gasteiger partial charge is 0.465 e. The predicted octanol–water partition coefficient (Wildman–Crippen LogP) is 3.89. The van der Waals surface area contributed by atoms with E-state index in [1.54, 1.807) is 34.7 Å². The highest BCUT2D eigenvalue weighted by Gasteiger charge is 2.38. The summed E-state index contributed by atoms with van der Waals surface area (Å²) < 4.78 is 12.1. The van der Waals surface area contributed by atoms with Crippen LogP contribution in [0.5, 0.6) is 0 Å². The summed E-state index contributed by atoms with van der Waals surface area (Å²) in [5.74, 6) is 0.179. The topological polar surface area (TPSA) is 94.0 Å². The lowest BCUT2D eigenvalue weighted by Gasteiger charge is -2.47. The molecule has 1 fully saturated rings. The summed E-state index contributed by atoms with van der Waals surface area (Å²) in [6.45, 7) is 13.0. The highest BCUT2D eigenvalue weighted by molar-refractivity contribution is 5.94. The Morgan fingerprint density at radius 1 is 1.17 bits per heavy atom. The minimum Gasteiger partial charge on any atom is -0.465 e. The first-order chi connectivity index (χ1) is 16.4. The number of hydrogen-bond donors (Lipinski definition) is 0. The summed E-state index contributed by atoms with van der Waals surface area (Å²) in [4.78, 5) is 47.1. The minimum absolute atomic E-state index is 0.0728. The number of hydrogen-bond acceptors (Lipinski definition) is 7. The third kappa shape index (κ3) is 5.66. The van der Waals surface area contributed by atoms with Gasteiger partial charge in [0.15, 0.2) is 0 Å². The zero-order valence-electron chi connectivity index (χ0n) is 22.1. The zero-order valence-corrected chi connectivity index (χ0v) is 22.1. The lowest BCUT2D eigenvalue weighted by Crippen LogP contribution is -2.60. The van der Waals surface area contributed by atoms with Crippen molar-refractivity contribution < 1.29 is 19.1 Å². The van der Waals surface area contributed by atoms with Crippen LogP contribution in [0.2, 0.25) is 0 Å². The Hall–Kier alpha value is -2.94. The van der Waals surface area contributed by atoms with Gasteiger partial charge in [0.05, 0.1) is 29.6 Å². The number of carbonyl (C=O) groups excluding carboxylic acids is 2. The molecule has 35 heavy (non-hydrogen) atoms. The Morgan fingerprint density at radius 3 is 2.34 bits per heavy atom. The van der Waals surface area contributed by atoms with Gasteiger partial charge in [-0.05, 0) is 59.2 Å². The molecule has 1 aliphatic rings. The molecule has 0 N–H and O–H groups in total. The fraction of sp³-hybridized carbons (Fsp3) is 0.615. The molecule has 192 valence electrons. The third-order valence-corrected chi connectivity index (χ3v) is 6.38. The molecule has 0 bridgehead atoms. The van der Waals surface area contributed by atoms with Gasteiger partial charge in [0.1, 0.15) is 11.4 Å².